The third-order valence-corrected chi connectivity index (χ3v) is 2.45. The number of likely N-dealkylation sites (N-methyl/N-ethyl adjacent to an activating group) is 1. The van der Waals surface area contributed by atoms with Crippen LogP contribution >= 0.6 is 0 Å². The highest BCUT2D eigenvalue weighted by molar-refractivity contribution is 5.47. The first-order valence-corrected chi connectivity index (χ1v) is 5.09. The number of hydrogen-bond acceptors (Lipinski definition) is 5. The Kier molecular flexibility index (Phi) is 4.18. The number of nitro benzene ring substituents is 1. The maximum absolute atomic E-state index is 13.5. The van der Waals surface area contributed by atoms with E-state index in [-0.39, 0.29) is 6.61 Å². The van der Waals surface area contributed by atoms with Crippen molar-refractivity contribution < 1.29 is 14.1 Å². The average Bonchev–Trinajstić information content (AvgIpc) is 2.36. The molecular formula is C11H12FN3O3. The summed E-state index contributed by atoms with van der Waals surface area (Å²) in [6.45, 7) is 1.33. The average molecular weight is 253 g/mol. The Morgan fingerprint density at radius 3 is 2.83 bits per heavy atom. The standard InChI is InChI=1S/C11H12FN3O3/c1-11(6-13,14-2)7-18-10-8(12)4-3-5-9(10)15(16)17/h3-5,14H,7H2,1-2H3. The smallest absolute Gasteiger partial charge is 0.314 e. The van der Waals surface area contributed by atoms with Crippen molar-refractivity contribution >= 4 is 5.69 Å². The number of nitro groups is 1. The monoisotopic (exact) mass is 253 g/mol. The fourth-order valence-electron chi connectivity index (χ4n) is 1.16. The van der Waals surface area contributed by atoms with Crippen LogP contribution in [0.25, 0.3) is 0 Å². The lowest BCUT2D eigenvalue weighted by Crippen LogP contribution is -2.43. The van der Waals surface area contributed by atoms with E-state index >= 15 is 0 Å². The van der Waals surface area contributed by atoms with Gasteiger partial charge in [0.05, 0.1) is 11.0 Å². The van der Waals surface area contributed by atoms with E-state index in [1.807, 2.05) is 6.07 Å². The minimum Gasteiger partial charge on any atom is -0.482 e. The summed E-state index contributed by atoms with van der Waals surface area (Å²) in [6, 6.07) is 5.36. The second-order valence-corrected chi connectivity index (χ2v) is 3.83. The van der Waals surface area contributed by atoms with E-state index in [0.717, 1.165) is 12.1 Å². The van der Waals surface area contributed by atoms with Crippen LogP contribution < -0.4 is 10.1 Å². The number of nitrogens with zero attached hydrogens (tertiary/aromatic N) is 2. The van der Waals surface area contributed by atoms with E-state index in [0.29, 0.717) is 0 Å². The van der Waals surface area contributed by atoms with Gasteiger partial charge in [-0.15, -0.1) is 0 Å². The molecule has 1 aromatic carbocycles. The molecule has 1 N–H and O–H groups in total. The van der Waals surface area contributed by atoms with Gasteiger partial charge < -0.3 is 4.74 Å². The molecule has 0 aliphatic carbocycles. The Balaban J connectivity index is 2.98. The number of nitrogens with one attached hydrogen (secondary N) is 1. The van der Waals surface area contributed by atoms with Crippen LogP contribution in [0.5, 0.6) is 5.75 Å². The normalized spacial score (nSPS) is 13.4. The first kappa shape index (κ1) is 13.9. The molecule has 1 aromatic rings. The van der Waals surface area contributed by atoms with Gasteiger partial charge in [-0.2, -0.15) is 5.26 Å². The number of rotatable bonds is 5. The van der Waals surface area contributed by atoms with Crippen LogP contribution in [0.1, 0.15) is 6.92 Å². The van der Waals surface area contributed by atoms with Crippen molar-refractivity contribution in [2.45, 2.75) is 12.5 Å². The van der Waals surface area contributed by atoms with Crippen molar-refractivity contribution in [3.8, 4) is 11.8 Å². The molecule has 0 saturated carbocycles. The maximum atomic E-state index is 13.5. The van der Waals surface area contributed by atoms with Crippen LogP contribution in [0.3, 0.4) is 0 Å². The number of nitriles is 1. The molecule has 0 heterocycles. The van der Waals surface area contributed by atoms with Crippen LogP contribution in [0.2, 0.25) is 0 Å². The summed E-state index contributed by atoms with van der Waals surface area (Å²) in [5, 5.41) is 22.3. The maximum Gasteiger partial charge on any atom is 0.314 e. The number of para-hydroxylation sites is 1. The molecule has 96 valence electrons. The van der Waals surface area contributed by atoms with E-state index in [1.165, 1.54) is 6.07 Å². The number of ether oxygens (including phenoxy) is 1. The summed E-state index contributed by atoms with van der Waals surface area (Å²) in [5.74, 6) is -1.29. The molecule has 0 aliphatic rings. The third kappa shape index (κ3) is 2.93. The molecule has 1 unspecified atom stereocenters. The first-order chi connectivity index (χ1) is 8.43. The molecule has 0 amide bonds. The second-order valence-electron chi connectivity index (χ2n) is 3.83. The fraction of sp³-hybridized carbons (Fsp3) is 0.364. The molecule has 1 rings (SSSR count). The van der Waals surface area contributed by atoms with E-state index in [1.54, 1.807) is 14.0 Å². The quantitative estimate of drug-likeness (QED) is 0.636. The van der Waals surface area contributed by atoms with Gasteiger partial charge in [0, 0.05) is 6.07 Å². The molecule has 0 fully saturated rings. The number of halogens is 1. The summed E-state index contributed by atoms with van der Waals surface area (Å²) < 4.78 is 18.5. The highest BCUT2D eigenvalue weighted by atomic mass is 19.1. The van der Waals surface area contributed by atoms with Crippen LogP contribution in [-0.4, -0.2) is 24.1 Å². The van der Waals surface area contributed by atoms with Gasteiger partial charge in [-0.3, -0.25) is 15.4 Å². The van der Waals surface area contributed by atoms with Gasteiger partial charge in [0.25, 0.3) is 0 Å². The lowest BCUT2D eigenvalue weighted by molar-refractivity contribution is -0.386. The number of benzene rings is 1. The molecule has 0 spiro atoms. The molecule has 0 bridgehead atoms. The molecule has 0 aromatic heterocycles. The predicted octanol–water partition coefficient (Wildman–Crippen LogP) is 1.61. The van der Waals surface area contributed by atoms with E-state index in [9.17, 15) is 14.5 Å². The zero-order chi connectivity index (χ0) is 13.8. The summed E-state index contributed by atoms with van der Waals surface area (Å²) in [4.78, 5) is 9.98. The van der Waals surface area contributed by atoms with Gasteiger partial charge in [-0.1, -0.05) is 6.07 Å². The Hall–Kier alpha value is -2.20. The Morgan fingerprint density at radius 1 is 1.67 bits per heavy atom. The number of hydrogen-bond donors (Lipinski definition) is 1. The van der Waals surface area contributed by atoms with E-state index < -0.39 is 27.7 Å². The Bertz CT molecular complexity index is 501. The van der Waals surface area contributed by atoms with Gasteiger partial charge in [-0.05, 0) is 20.0 Å². The highest BCUT2D eigenvalue weighted by Crippen LogP contribution is 2.30. The van der Waals surface area contributed by atoms with Crippen LogP contribution in [0.4, 0.5) is 10.1 Å². The van der Waals surface area contributed by atoms with Crippen molar-refractivity contribution in [3.05, 3.63) is 34.1 Å². The molecule has 7 heteroatoms. The zero-order valence-corrected chi connectivity index (χ0v) is 9.94. The summed E-state index contributed by atoms with van der Waals surface area (Å²) in [5.41, 5.74) is -1.51. The second kappa shape index (κ2) is 5.42. The third-order valence-electron chi connectivity index (χ3n) is 2.45. The molecule has 6 nitrogen and oxygen atoms in total. The van der Waals surface area contributed by atoms with Crippen molar-refractivity contribution in [3.63, 3.8) is 0 Å². The molecule has 1 atom stereocenters. The van der Waals surface area contributed by atoms with Crippen molar-refractivity contribution in [2.24, 2.45) is 0 Å². The zero-order valence-electron chi connectivity index (χ0n) is 9.94. The topological polar surface area (TPSA) is 88.2 Å². The summed E-state index contributed by atoms with van der Waals surface area (Å²) in [7, 11) is 1.54. The SMILES string of the molecule is CNC(C)(C#N)COc1c(F)cccc1[N+](=O)[O-]. The molecular weight excluding hydrogens is 241 g/mol. The molecule has 0 radical (unpaired) electrons. The van der Waals surface area contributed by atoms with E-state index in [4.69, 9.17) is 10.00 Å². The largest absolute Gasteiger partial charge is 0.482 e. The van der Waals surface area contributed by atoms with Gasteiger partial charge >= 0.3 is 5.69 Å². The molecule has 0 saturated heterocycles. The minimum atomic E-state index is -1.05. The summed E-state index contributed by atoms with van der Waals surface area (Å²) >= 11 is 0. The van der Waals surface area contributed by atoms with Crippen LogP contribution in [0, 0.1) is 27.3 Å². The summed E-state index contributed by atoms with van der Waals surface area (Å²) in [6.07, 6.45) is 0. The van der Waals surface area contributed by atoms with Crippen LogP contribution in [0.15, 0.2) is 18.2 Å². The predicted molar refractivity (Wildman–Crippen MR) is 61.6 cm³/mol. The highest BCUT2D eigenvalue weighted by Gasteiger charge is 2.26. The lowest BCUT2D eigenvalue weighted by Gasteiger charge is -2.20. The van der Waals surface area contributed by atoms with Crippen molar-refractivity contribution in [1.82, 2.24) is 5.32 Å². The van der Waals surface area contributed by atoms with Gasteiger partial charge in [0.2, 0.25) is 5.75 Å². The van der Waals surface area contributed by atoms with E-state index in [2.05, 4.69) is 5.32 Å². The minimum absolute atomic E-state index is 0.207. The molecule has 0 aliphatic heterocycles. The van der Waals surface area contributed by atoms with Crippen molar-refractivity contribution in [1.29, 1.82) is 5.26 Å². The molecule has 18 heavy (non-hydrogen) atoms. The lowest BCUT2D eigenvalue weighted by atomic mass is 10.1. The van der Waals surface area contributed by atoms with Crippen molar-refractivity contribution in [2.75, 3.05) is 13.7 Å². The van der Waals surface area contributed by atoms with Crippen LogP contribution in [-0.2, 0) is 0 Å². The first-order valence-electron chi connectivity index (χ1n) is 5.09. The van der Waals surface area contributed by atoms with Gasteiger partial charge in [0.15, 0.2) is 5.82 Å². The van der Waals surface area contributed by atoms with Gasteiger partial charge in [0.1, 0.15) is 12.1 Å². The van der Waals surface area contributed by atoms with Gasteiger partial charge in [-0.25, -0.2) is 4.39 Å². The Morgan fingerprint density at radius 2 is 2.33 bits per heavy atom. The Labute approximate surface area is 103 Å². The fourth-order valence-corrected chi connectivity index (χ4v) is 1.16.